The summed E-state index contributed by atoms with van der Waals surface area (Å²) in [6, 6.07) is 10.4. The number of nitrogens with two attached hydrogens (primary N) is 1. The minimum absolute atomic E-state index is 0.0174. The number of guanidine groups is 1. The van der Waals surface area contributed by atoms with Crippen molar-refractivity contribution in [2.45, 2.75) is 44.2 Å². The first-order chi connectivity index (χ1) is 9.75. The third-order valence-electron chi connectivity index (χ3n) is 4.39. The molecule has 0 aromatic heterocycles. The quantitative estimate of drug-likeness (QED) is 0.920. The summed E-state index contributed by atoms with van der Waals surface area (Å²) in [6.45, 7) is 3.80. The monoisotopic (exact) mass is 273 g/mol. The predicted molar refractivity (Wildman–Crippen MR) is 82.0 cm³/mol. The Morgan fingerprint density at radius 3 is 2.95 bits per heavy atom. The van der Waals surface area contributed by atoms with Gasteiger partial charge in [0.25, 0.3) is 0 Å². The van der Waals surface area contributed by atoms with Gasteiger partial charge in [-0.1, -0.05) is 31.5 Å². The van der Waals surface area contributed by atoms with Crippen molar-refractivity contribution in [2.24, 2.45) is 10.7 Å². The standard InChI is InChI=1S/C16H23N3O/c1-2-6-14-11-16(9-10-20-14)12-18-15(17)19(16)13-7-4-3-5-8-13/h3-5,7-8,14H,2,6,9-12H2,1H3,(H2,17,18). The summed E-state index contributed by atoms with van der Waals surface area (Å²) in [5, 5.41) is 0. The molecular formula is C16H23N3O. The fraction of sp³-hybridized carbons (Fsp3) is 0.562. The zero-order valence-electron chi connectivity index (χ0n) is 12.1. The van der Waals surface area contributed by atoms with Crippen molar-refractivity contribution in [3.8, 4) is 0 Å². The van der Waals surface area contributed by atoms with E-state index in [1.807, 2.05) is 6.07 Å². The van der Waals surface area contributed by atoms with Gasteiger partial charge >= 0.3 is 0 Å². The van der Waals surface area contributed by atoms with Gasteiger partial charge in [-0.05, 0) is 31.4 Å². The fourth-order valence-corrected chi connectivity index (χ4v) is 3.45. The van der Waals surface area contributed by atoms with Gasteiger partial charge in [0.05, 0.1) is 18.2 Å². The second-order valence-corrected chi connectivity index (χ2v) is 5.81. The molecule has 0 radical (unpaired) electrons. The van der Waals surface area contributed by atoms with Gasteiger partial charge in [-0.3, -0.25) is 4.99 Å². The molecule has 2 aliphatic heterocycles. The Balaban J connectivity index is 1.88. The molecule has 1 spiro atoms. The van der Waals surface area contributed by atoms with Gasteiger partial charge in [-0.25, -0.2) is 0 Å². The third kappa shape index (κ3) is 2.29. The molecule has 1 aromatic carbocycles. The van der Waals surface area contributed by atoms with Crippen LogP contribution < -0.4 is 10.6 Å². The number of hydrogen-bond acceptors (Lipinski definition) is 4. The van der Waals surface area contributed by atoms with Gasteiger partial charge < -0.3 is 15.4 Å². The molecule has 0 aliphatic carbocycles. The van der Waals surface area contributed by atoms with E-state index in [0.717, 1.165) is 44.5 Å². The Morgan fingerprint density at radius 1 is 1.40 bits per heavy atom. The molecule has 1 fully saturated rings. The number of aliphatic imine (C=N–C) groups is 1. The van der Waals surface area contributed by atoms with Crippen LogP contribution in [0.3, 0.4) is 0 Å². The molecular weight excluding hydrogens is 250 g/mol. The summed E-state index contributed by atoms with van der Waals surface area (Å²) in [5.41, 5.74) is 7.33. The average molecular weight is 273 g/mol. The van der Waals surface area contributed by atoms with Gasteiger partial charge in [0.1, 0.15) is 0 Å². The molecule has 1 saturated heterocycles. The molecule has 1 aromatic rings. The maximum absolute atomic E-state index is 6.17. The van der Waals surface area contributed by atoms with Crippen molar-refractivity contribution in [1.29, 1.82) is 0 Å². The second-order valence-electron chi connectivity index (χ2n) is 5.81. The Kier molecular flexibility index (Phi) is 3.66. The van der Waals surface area contributed by atoms with Crippen LogP contribution in [0.1, 0.15) is 32.6 Å². The largest absolute Gasteiger partial charge is 0.378 e. The first-order valence-electron chi connectivity index (χ1n) is 7.52. The maximum Gasteiger partial charge on any atom is 0.196 e. The number of nitrogens with zero attached hydrogens (tertiary/aromatic N) is 2. The molecule has 20 heavy (non-hydrogen) atoms. The lowest BCUT2D eigenvalue weighted by Crippen LogP contribution is -2.56. The van der Waals surface area contributed by atoms with Crippen LogP contribution in [0.25, 0.3) is 0 Å². The van der Waals surface area contributed by atoms with Crippen LogP contribution in [0.15, 0.2) is 35.3 Å². The van der Waals surface area contributed by atoms with Crippen molar-refractivity contribution in [3.05, 3.63) is 30.3 Å². The van der Waals surface area contributed by atoms with Gasteiger partial charge in [-0.15, -0.1) is 0 Å². The Hall–Kier alpha value is -1.55. The molecule has 2 unspecified atom stereocenters. The van der Waals surface area contributed by atoms with E-state index in [9.17, 15) is 0 Å². The van der Waals surface area contributed by atoms with Gasteiger partial charge in [0, 0.05) is 12.3 Å². The van der Waals surface area contributed by atoms with E-state index >= 15 is 0 Å². The lowest BCUT2D eigenvalue weighted by atomic mass is 9.84. The SMILES string of the molecule is CCCC1CC2(CCO1)CN=C(N)N2c1ccccc1. The molecule has 0 saturated carbocycles. The molecule has 0 amide bonds. The van der Waals surface area contributed by atoms with E-state index in [1.165, 1.54) is 0 Å². The molecule has 3 rings (SSSR count). The van der Waals surface area contributed by atoms with Crippen LogP contribution in [0.5, 0.6) is 0 Å². The molecule has 2 aliphatic rings. The Bertz CT molecular complexity index is 486. The molecule has 108 valence electrons. The number of anilines is 1. The first kappa shape index (κ1) is 13.4. The van der Waals surface area contributed by atoms with Gasteiger partial charge in [-0.2, -0.15) is 0 Å². The van der Waals surface area contributed by atoms with Crippen molar-refractivity contribution in [2.75, 3.05) is 18.1 Å². The Morgan fingerprint density at radius 2 is 2.20 bits per heavy atom. The lowest BCUT2D eigenvalue weighted by Gasteiger charge is -2.44. The van der Waals surface area contributed by atoms with Crippen molar-refractivity contribution >= 4 is 11.6 Å². The van der Waals surface area contributed by atoms with Crippen molar-refractivity contribution < 1.29 is 4.74 Å². The van der Waals surface area contributed by atoms with E-state index in [1.54, 1.807) is 0 Å². The minimum atomic E-state index is 0.0174. The first-order valence-corrected chi connectivity index (χ1v) is 7.52. The second kappa shape index (κ2) is 5.44. The number of hydrogen-bond donors (Lipinski definition) is 1. The number of rotatable bonds is 3. The predicted octanol–water partition coefficient (Wildman–Crippen LogP) is 2.54. The normalized spacial score (nSPS) is 29.8. The summed E-state index contributed by atoms with van der Waals surface area (Å²) >= 11 is 0. The highest BCUT2D eigenvalue weighted by atomic mass is 16.5. The summed E-state index contributed by atoms with van der Waals surface area (Å²) < 4.78 is 5.91. The van der Waals surface area contributed by atoms with Crippen LogP contribution >= 0.6 is 0 Å². The van der Waals surface area contributed by atoms with Crippen LogP contribution in [0.2, 0.25) is 0 Å². The van der Waals surface area contributed by atoms with E-state index in [0.29, 0.717) is 12.1 Å². The fourth-order valence-electron chi connectivity index (χ4n) is 3.45. The summed E-state index contributed by atoms with van der Waals surface area (Å²) in [7, 11) is 0. The van der Waals surface area contributed by atoms with Crippen LogP contribution in [0, 0.1) is 0 Å². The topological polar surface area (TPSA) is 50.9 Å². The van der Waals surface area contributed by atoms with E-state index < -0.39 is 0 Å². The van der Waals surface area contributed by atoms with Crippen molar-refractivity contribution in [3.63, 3.8) is 0 Å². The highest BCUT2D eigenvalue weighted by Gasteiger charge is 2.46. The average Bonchev–Trinajstić information content (AvgIpc) is 2.77. The van der Waals surface area contributed by atoms with Gasteiger partial charge in [0.15, 0.2) is 5.96 Å². The molecule has 4 nitrogen and oxygen atoms in total. The molecule has 2 heterocycles. The summed E-state index contributed by atoms with van der Waals surface area (Å²) in [4.78, 5) is 6.76. The molecule has 0 bridgehead atoms. The molecule has 2 atom stereocenters. The smallest absolute Gasteiger partial charge is 0.196 e. The maximum atomic E-state index is 6.17. The highest BCUT2D eigenvalue weighted by Crippen LogP contribution is 2.38. The minimum Gasteiger partial charge on any atom is -0.378 e. The third-order valence-corrected chi connectivity index (χ3v) is 4.39. The van der Waals surface area contributed by atoms with E-state index in [-0.39, 0.29) is 5.54 Å². The lowest BCUT2D eigenvalue weighted by molar-refractivity contribution is -0.0180. The van der Waals surface area contributed by atoms with Crippen molar-refractivity contribution in [1.82, 2.24) is 0 Å². The molecule has 2 N–H and O–H groups in total. The van der Waals surface area contributed by atoms with Crippen LogP contribution in [0.4, 0.5) is 5.69 Å². The highest BCUT2D eigenvalue weighted by molar-refractivity contribution is 5.98. The zero-order chi connectivity index (χ0) is 14.0. The number of ether oxygens (including phenoxy) is 1. The van der Waals surface area contributed by atoms with Crippen LogP contribution in [-0.2, 0) is 4.74 Å². The van der Waals surface area contributed by atoms with Crippen LogP contribution in [-0.4, -0.2) is 30.8 Å². The number of para-hydroxylation sites is 1. The summed E-state index contributed by atoms with van der Waals surface area (Å²) in [6.07, 6.45) is 4.61. The summed E-state index contributed by atoms with van der Waals surface area (Å²) in [5.74, 6) is 0.647. The van der Waals surface area contributed by atoms with Gasteiger partial charge in [0.2, 0.25) is 0 Å². The zero-order valence-corrected chi connectivity index (χ0v) is 12.1. The Labute approximate surface area is 120 Å². The van der Waals surface area contributed by atoms with E-state index in [4.69, 9.17) is 10.5 Å². The van der Waals surface area contributed by atoms with E-state index in [2.05, 4.69) is 41.1 Å². The molecule has 4 heteroatoms. The number of benzene rings is 1.